The molecule has 30 heavy (non-hydrogen) atoms. The molecule has 0 bridgehead atoms. The van der Waals surface area contributed by atoms with Gasteiger partial charge in [0.1, 0.15) is 5.82 Å². The lowest BCUT2D eigenvalue weighted by molar-refractivity contribution is 0.401. The fourth-order valence-corrected chi connectivity index (χ4v) is 4.80. The van der Waals surface area contributed by atoms with Crippen LogP contribution in [0.1, 0.15) is 16.7 Å². The van der Waals surface area contributed by atoms with Gasteiger partial charge in [-0.05, 0) is 54.4 Å². The first-order chi connectivity index (χ1) is 14.1. The van der Waals surface area contributed by atoms with Gasteiger partial charge in [-0.1, -0.05) is 42.0 Å². The molecule has 3 aromatic carbocycles. The van der Waals surface area contributed by atoms with Crippen LogP contribution in [-0.2, 0) is 33.1 Å². The summed E-state index contributed by atoms with van der Waals surface area (Å²) in [6, 6.07) is 17.8. The summed E-state index contributed by atoms with van der Waals surface area (Å²) in [7, 11) is -7.91. The number of nitrogens with two attached hydrogens (primary N) is 1. The monoisotopic (exact) mass is 448 g/mol. The summed E-state index contributed by atoms with van der Waals surface area (Å²) in [5.41, 5.74) is 2.45. The van der Waals surface area contributed by atoms with E-state index in [0.29, 0.717) is 5.56 Å². The predicted molar refractivity (Wildman–Crippen MR) is 112 cm³/mol. The molecule has 0 aliphatic rings. The minimum Gasteiger partial charge on any atom is -0.225 e. The molecule has 0 aliphatic carbocycles. The second-order valence-electron chi connectivity index (χ2n) is 6.90. The number of hydrogen-bond acceptors (Lipinski definition) is 4. The SMILES string of the molecule is Cc1ccc(CN(Cc2ccc(F)cc2)S(=O)(=O)c2ccc(S(N)(=O)=O)cc2)cc1. The van der Waals surface area contributed by atoms with Gasteiger partial charge in [-0.15, -0.1) is 0 Å². The van der Waals surface area contributed by atoms with Crippen molar-refractivity contribution in [1.29, 1.82) is 0 Å². The Labute approximate surface area is 175 Å². The normalized spacial score (nSPS) is 12.3. The summed E-state index contributed by atoms with van der Waals surface area (Å²) < 4.78 is 64.0. The molecule has 0 fully saturated rings. The second kappa shape index (κ2) is 8.65. The summed E-state index contributed by atoms with van der Waals surface area (Å²) in [4.78, 5) is -0.241. The summed E-state index contributed by atoms with van der Waals surface area (Å²) >= 11 is 0. The van der Waals surface area contributed by atoms with Crippen molar-refractivity contribution in [3.8, 4) is 0 Å². The van der Waals surface area contributed by atoms with Crippen molar-refractivity contribution < 1.29 is 21.2 Å². The molecule has 6 nitrogen and oxygen atoms in total. The molecule has 0 aliphatic heterocycles. The first-order valence-electron chi connectivity index (χ1n) is 8.99. The highest BCUT2D eigenvalue weighted by molar-refractivity contribution is 7.89. The van der Waals surface area contributed by atoms with Crippen LogP contribution in [0.25, 0.3) is 0 Å². The van der Waals surface area contributed by atoms with E-state index < -0.39 is 25.9 Å². The molecule has 0 saturated heterocycles. The van der Waals surface area contributed by atoms with Crippen molar-refractivity contribution in [3.05, 3.63) is 95.3 Å². The minimum absolute atomic E-state index is 0.0213. The van der Waals surface area contributed by atoms with Crippen LogP contribution in [0.15, 0.2) is 82.6 Å². The van der Waals surface area contributed by atoms with E-state index in [0.717, 1.165) is 23.3 Å². The molecule has 3 aromatic rings. The highest BCUT2D eigenvalue weighted by atomic mass is 32.2. The third-order valence-electron chi connectivity index (χ3n) is 4.54. The largest absolute Gasteiger partial charge is 0.243 e. The Hall–Kier alpha value is -2.59. The van der Waals surface area contributed by atoms with E-state index in [1.165, 1.54) is 40.7 Å². The van der Waals surface area contributed by atoms with Crippen molar-refractivity contribution in [2.45, 2.75) is 29.8 Å². The van der Waals surface area contributed by atoms with Gasteiger partial charge in [0.2, 0.25) is 20.0 Å². The first-order valence-corrected chi connectivity index (χ1v) is 12.0. The number of hydrogen-bond donors (Lipinski definition) is 1. The minimum atomic E-state index is -3.98. The van der Waals surface area contributed by atoms with Crippen LogP contribution >= 0.6 is 0 Å². The van der Waals surface area contributed by atoms with E-state index in [1.54, 1.807) is 0 Å². The number of primary sulfonamides is 1. The Balaban J connectivity index is 1.98. The Morgan fingerprint density at radius 3 is 1.63 bits per heavy atom. The van der Waals surface area contributed by atoms with E-state index >= 15 is 0 Å². The number of sulfonamides is 2. The van der Waals surface area contributed by atoms with Crippen molar-refractivity contribution in [2.75, 3.05) is 0 Å². The average molecular weight is 449 g/mol. The lowest BCUT2D eigenvalue weighted by atomic mass is 10.1. The van der Waals surface area contributed by atoms with Crippen LogP contribution in [0.5, 0.6) is 0 Å². The van der Waals surface area contributed by atoms with Gasteiger partial charge in [-0.25, -0.2) is 26.4 Å². The fraction of sp³-hybridized carbons (Fsp3) is 0.143. The maximum Gasteiger partial charge on any atom is 0.243 e. The van der Waals surface area contributed by atoms with Gasteiger partial charge < -0.3 is 0 Å². The lowest BCUT2D eigenvalue weighted by Crippen LogP contribution is -2.30. The molecule has 2 N–H and O–H groups in total. The molecule has 0 unspecified atom stereocenters. The topological polar surface area (TPSA) is 97.5 Å². The van der Waals surface area contributed by atoms with Crippen LogP contribution in [0.4, 0.5) is 4.39 Å². The Bertz CT molecular complexity index is 1180. The summed E-state index contributed by atoms with van der Waals surface area (Å²) in [5, 5.41) is 5.09. The number of halogens is 1. The van der Waals surface area contributed by atoms with Crippen LogP contribution in [0.3, 0.4) is 0 Å². The van der Waals surface area contributed by atoms with Crippen LogP contribution in [0.2, 0.25) is 0 Å². The van der Waals surface area contributed by atoms with E-state index in [9.17, 15) is 21.2 Å². The van der Waals surface area contributed by atoms with Crippen molar-refractivity contribution in [2.24, 2.45) is 5.14 Å². The highest BCUT2D eigenvalue weighted by Gasteiger charge is 2.25. The smallest absolute Gasteiger partial charge is 0.225 e. The zero-order chi connectivity index (χ0) is 21.9. The van der Waals surface area contributed by atoms with E-state index in [-0.39, 0.29) is 22.9 Å². The van der Waals surface area contributed by atoms with E-state index in [2.05, 4.69) is 0 Å². The van der Waals surface area contributed by atoms with Gasteiger partial charge in [0.15, 0.2) is 0 Å². The molecule has 0 aromatic heterocycles. The van der Waals surface area contributed by atoms with Crippen LogP contribution < -0.4 is 5.14 Å². The van der Waals surface area contributed by atoms with E-state index in [4.69, 9.17) is 5.14 Å². The molecule has 9 heteroatoms. The number of rotatable bonds is 7. The maximum atomic E-state index is 13.3. The van der Waals surface area contributed by atoms with Gasteiger partial charge in [0, 0.05) is 13.1 Å². The zero-order valence-corrected chi connectivity index (χ0v) is 17.8. The molecular weight excluding hydrogens is 427 g/mol. The van der Waals surface area contributed by atoms with Gasteiger partial charge >= 0.3 is 0 Å². The van der Waals surface area contributed by atoms with Gasteiger partial charge in [0.25, 0.3) is 0 Å². The third-order valence-corrected chi connectivity index (χ3v) is 7.28. The Morgan fingerprint density at radius 2 is 1.17 bits per heavy atom. The van der Waals surface area contributed by atoms with Crippen LogP contribution in [0, 0.1) is 12.7 Å². The van der Waals surface area contributed by atoms with Crippen molar-refractivity contribution in [3.63, 3.8) is 0 Å². The zero-order valence-electron chi connectivity index (χ0n) is 16.2. The molecule has 0 atom stereocenters. The van der Waals surface area contributed by atoms with Crippen molar-refractivity contribution in [1.82, 2.24) is 4.31 Å². The fourth-order valence-electron chi connectivity index (χ4n) is 2.87. The third kappa shape index (κ3) is 5.31. The quantitative estimate of drug-likeness (QED) is 0.600. The number of benzene rings is 3. The van der Waals surface area contributed by atoms with Crippen LogP contribution in [-0.4, -0.2) is 21.1 Å². The molecular formula is C21H21FN2O4S2. The summed E-state index contributed by atoms with van der Waals surface area (Å²) in [5.74, 6) is -0.412. The van der Waals surface area contributed by atoms with Crippen molar-refractivity contribution >= 4 is 20.0 Å². The Kier molecular flexibility index (Phi) is 6.37. The molecule has 0 amide bonds. The predicted octanol–water partition coefficient (Wildman–Crippen LogP) is 3.17. The van der Waals surface area contributed by atoms with Gasteiger partial charge in [0.05, 0.1) is 9.79 Å². The summed E-state index contributed by atoms with van der Waals surface area (Å²) in [6.07, 6.45) is 0. The van der Waals surface area contributed by atoms with Gasteiger partial charge in [-0.2, -0.15) is 4.31 Å². The molecule has 0 spiro atoms. The number of nitrogens with zero attached hydrogens (tertiary/aromatic N) is 1. The van der Waals surface area contributed by atoms with E-state index in [1.807, 2.05) is 31.2 Å². The maximum absolute atomic E-state index is 13.3. The standard InChI is InChI=1S/C21H21FN2O4S2/c1-16-2-4-17(5-3-16)14-24(15-18-6-8-19(22)9-7-18)30(27,28)21-12-10-20(11-13-21)29(23,25)26/h2-13H,14-15H2,1H3,(H2,23,25,26). The summed E-state index contributed by atoms with van der Waals surface area (Å²) in [6.45, 7) is 2.05. The molecule has 158 valence electrons. The average Bonchev–Trinajstić information content (AvgIpc) is 2.70. The second-order valence-corrected chi connectivity index (χ2v) is 10.4. The molecule has 0 heterocycles. The molecule has 0 radical (unpaired) electrons. The highest BCUT2D eigenvalue weighted by Crippen LogP contribution is 2.23. The number of aryl methyl sites for hydroxylation is 1. The molecule has 3 rings (SSSR count). The molecule has 0 saturated carbocycles. The first kappa shape index (κ1) is 22.1. The lowest BCUT2D eigenvalue weighted by Gasteiger charge is -2.23. The van der Waals surface area contributed by atoms with Gasteiger partial charge in [-0.3, -0.25) is 0 Å². The Morgan fingerprint density at radius 1 is 0.733 bits per heavy atom.